The van der Waals surface area contributed by atoms with Crippen LogP contribution in [0, 0.1) is 17.0 Å². The average Bonchev–Trinajstić information content (AvgIpc) is 3.48. The Labute approximate surface area is 199 Å². The standard InChI is InChI=1S/C23H30N6O4S/c1-16-14-17(6-7-21(16)29(30)31)26-10-12-27(13-11-26)22-19-4-3-5-20(19)24-23(25-22)28-9-8-18(15-28)34(2,32)33/h6-7,14,18H,3-5,8-13,15H2,1-2H3/t18-/m1/s1. The van der Waals surface area contributed by atoms with E-state index in [1.807, 2.05) is 17.0 Å². The van der Waals surface area contributed by atoms with Crippen LogP contribution in [0.3, 0.4) is 0 Å². The Morgan fingerprint density at radius 1 is 1.03 bits per heavy atom. The van der Waals surface area contributed by atoms with E-state index >= 15 is 0 Å². The second kappa shape index (κ2) is 8.68. The largest absolute Gasteiger partial charge is 0.368 e. The molecule has 0 spiro atoms. The fourth-order valence-electron chi connectivity index (χ4n) is 5.28. The quantitative estimate of drug-likeness (QED) is 0.463. The van der Waals surface area contributed by atoms with E-state index in [4.69, 9.17) is 9.97 Å². The van der Waals surface area contributed by atoms with E-state index in [-0.39, 0.29) is 15.9 Å². The SMILES string of the molecule is Cc1cc(N2CCN(c3nc(N4CC[C@@H](S(C)(=O)=O)C4)nc4c3CCC4)CC2)ccc1[N+](=O)[O-]. The monoisotopic (exact) mass is 486 g/mol. The number of rotatable bonds is 5. The van der Waals surface area contributed by atoms with Gasteiger partial charge in [-0.15, -0.1) is 0 Å². The Bertz CT molecular complexity index is 1230. The number of hydrogen-bond donors (Lipinski definition) is 0. The number of anilines is 3. The van der Waals surface area contributed by atoms with Crippen LogP contribution in [0.4, 0.5) is 23.1 Å². The molecule has 1 aromatic heterocycles. The molecule has 0 saturated carbocycles. The molecule has 11 heteroatoms. The molecule has 1 atom stereocenters. The lowest BCUT2D eigenvalue weighted by molar-refractivity contribution is -0.385. The van der Waals surface area contributed by atoms with Crippen molar-refractivity contribution in [2.45, 2.75) is 37.9 Å². The van der Waals surface area contributed by atoms with E-state index in [9.17, 15) is 18.5 Å². The van der Waals surface area contributed by atoms with Crippen molar-refractivity contribution in [1.29, 1.82) is 0 Å². The molecule has 5 rings (SSSR count). The van der Waals surface area contributed by atoms with Crippen LogP contribution in [0.5, 0.6) is 0 Å². The van der Waals surface area contributed by atoms with Crippen LogP contribution < -0.4 is 14.7 Å². The fraction of sp³-hybridized carbons (Fsp3) is 0.565. The second-order valence-corrected chi connectivity index (χ2v) is 11.8. The van der Waals surface area contributed by atoms with Crippen molar-refractivity contribution < 1.29 is 13.3 Å². The van der Waals surface area contributed by atoms with Crippen LogP contribution in [-0.4, -0.2) is 74.1 Å². The van der Waals surface area contributed by atoms with Gasteiger partial charge in [0.2, 0.25) is 5.95 Å². The summed E-state index contributed by atoms with van der Waals surface area (Å²) in [5, 5.41) is 10.8. The molecule has 0 bridgehead atoms. The van der Waals surface area contributed by atoms with E-state index in [1.165, 1.54) is 11.8 Å². The molecule has 0 unspecified atom stereocenters. The normalized spacial score (nSPS) is 20.6. The number of nitro groups is 1. The van der Waals surface area contributed by atoms with Gasteiger partial charge in [-0.1, -0.05) is 0 Å². The molecule has 1 aromatic carbocycles. The summed E-state index contributed by atoms with van der Waals surface area (Å²) in [6.07, 6.45) is 4.89. The molecular formula is C23H30N6O4S. The van der Waals surface area contributed by atoms with Gasteiger partial charge >= 0.3 is 0 Å². The molecular weight excluding hydrogens is 456 g/mol. The van der Waals surface area contributed by atoms with E-state index in [0.29, 0.717) is 31.0 Å². The zero-order valence-electron chi connectivity index (χ0n) is 19.6. The summed E-state index contributed by atoms with van der Waals surface area (Å²) in [6.45, 7) is 6.07. The second-order valence-electron chi connectivity index (χ2n) is 9.51. The number of nitrogens with zero attached hydrogens (tertiary/aromatic N) is 6. The van der Waals surface area contributed by atoms with Crippen LogP contribution in [0.1, 0.15) is 29.7 Å². The number of hydrogen-bond acceptors (Lipinski definition) is 9. The van der Waals surface area contributed by atoms with Crippen molar-refractivity contribution in [3.63, 3.8) is 0 Å². The zero-order chi connectivity index (χ0) is 24.0. The molecule has 0 amide bonds. The van der Waals surface area contributed by atoms with E-state index in [1.54, 1.807) is 13.0 Å². The lowest BCUT2D eigenvalue weighted by Gasteiger charge is -2.37. The first-order chi connectivity index (χ1) is 16.2. The molecule has 2 aliphatic heterocycles. The van der Waals surface area contributed by atoms with Crippen LogP contribution in [-0.2, 0) is 22.7 Å². The molecule has 10 nitrogen and oxygen atoms in total. The summed E-state index contributed by atoms with van der Waals surface area (Å²) in [4.78, 5) is 27.2. The van der Waals surface area contributed by atoms with Gasteiger partial charge in [0, 0.05) is 68.4 Å². The van der Waals surface area contributed by atoms with Crippen molar-refractivity contribution in [3.8, 4) is 0 Å². The van der Waals surface area contributed by atoms with Crippen molar-refractivity contribution in [3.05, 3.63) is 45.1 Å². The van der Waals surface area contributed by atoms with Gasteiger partial charge in [-0.2, -0.15) is 4.98 Å². The van der Waals surface area contributed by atoms with Crippen LogP contribution in [0.2, 0.25) is 0 Å². The molecule has 2 aromatic rings. The van der Waals surface area contributed by atoms with Crippen LogP contribution in [0.15, 0.2) is 18.2 Å². The third-order valence-corrected chi connectivity index (χ3v) is 8.85. The Morgan fingerprint density at radius 3 is 2.41 bits per heavy atom. The van der Waals surface area contributed by atoms with Gasteiger partial charge in [0.05, 0.1) is 15.9 Å². The summed E-state index contributed by atoms with van der Waals surface area (Å²) < 4.78 is 24.0. The van der Waals surface area contributed by atoms with Crippen molar-refractivity contribution in [2.24, 2.45) is 0 Å². The number of fused-ring (bicyclic) bond motifs is 1. The summed E-state index contributed by atoms with van der Waals surface area (Å²) in [5.74, 6) is 1.63. The highest BCUT2D eigenvalue weighted by Crippen LogP contribution is 2.33. The number of sulfone groups is 1. The van der Waals surface area contributed by atoms with Crippen molar-refractivity contribution in [1.82, 2.24) is 9.97 Å². The topological polar surface area (TPSA) is 113 Å². The zero-order valence-corrected chi connectivity index (χ0v) is 20.4. The predicted octanol–water partition coefficient (Wildman–Crippen LogP) is 2.13. The van der Waals surface area contributed by atoms with E-state index in [2.05, 4.69) is 9.80 Å². The third kappa shape index (κ3) is 4.28. The van der Waals surface area contributed by atoms with Gasteiger partial charge in [-0.05, 0) is 44.7 Å². The summed E-state index contributed by atoms with van der Waals surface area (Å²) in [5.41, 5.74) is 4.13. The van der Waals surface area contributed by atoms with Crippen LogP contribution >= 0.6 is 0 Å². The minimum absolute atomic E-state index is 0.145. The van der Waals surface area contributed by atoms with Crippen molar-refractivity contribution >= 4 is 33.0 Å². The lowest BCUT2D eigenvalue weighted by Crippen LogP contribution is -2.47. The van der Waals surface area contributed by atoms with Gasteiger partial charge in [-0.3, -0.25) is 10.1 Å². The van der Waals surface area contributed by atoms with Crippen molar-refractivity contribution in [2.75, 3.05) is 60.2 Å². The summed E-state index contributed by atoms with van der Waals surface area (Å²) in [7, 11) is -3.08. The maximum Gasteiger partial charge on any atom is 0.272 e. The smallest absolute Gasteiger partial charge is 0.272 e. The number of aryl methyl sites for hydroxylation is 2. The summed E-state index contributed by atoms with van der Waals surface area (Å²) >= 11 is 0. The fourth-order valence-corrected chi connectivity index (χ4v) is 6.26. The maximum absolute atomic E-state index is 12.0. The Morgan fingerprint density at radius 2 is 1.76 bits per heavy atom. The minimum atomic E-state index is -3.08. The molecule has 2 saturated heterocycles. The molecule has 0 radical (unpaired) electrons. The minimum Gasteiger partial charge on any atom is -0.368 e. The predicted molar refractivity (Wildman–Crippen MR) is 132 cm³/mol. The van der Waals surface area contributed by atoms with Gasteiger partial charge in [0.25, 0.3) is 5.69 Å². The molecule has 34 heavy (non-hydrogen) atoms. The van der Waals surface area contributed by atoms with E-state index < -0.39 is 9.84 Å². The molecule has 3 aliphatic rings. The highest BCUT2D eigenvalue weighted by atomic mass is 32.2. The first kappa shape index (κ1) is 22.8. The van der Waals surface area contributed by atoms with E-state index in [0.717, 1.165) is 62.6 Å². The number of aromatic nitrogens is 2. The van der Waals surface area contributed by atoms with Gasteiger partial charge in [0.15, 0.2) is 9.84 Å². The van der Waals surface area contributed by atoms with Gasteiger partial charge < -0.3 is 14.7 Å². The first-order valence-electron chi connectivity index (χ1n) is 11.8. The van der Waals surface area contributed by atoms with Crippen LogP contribution in [0.25, 0.3) is 0 Å². The van der Waals surface area contributed by atoms with Gasteiger partial charge in [-0.25, -0.2) is 13.4 Å². The number of benzene rings is 1. The number of piperazine rings is 1. The Hall–Kier alpha value is -2.95. The molecule has 182 valence electrons. The maximum atomic E-state index is 12.0. The molecule has 3 heterocycles. The third-order valence-electron chi connectivity index (χ3n) is 7.25. The molecule has 1 aliphatic carbocycles. The Balaban J connectivity index is 1.34. The molecule has 2 fully saturated rings. The Kier molecular flexibility index (Phi) is 5.83. The lowest BCUT2D eigenvalue weighted by atomic mass is 10.1. The molecule has 0 N–H and O–H groups in total. The number of nitro benzene ring substituents is 1. The summed E-state index contributed by atoms with van der Waals surface area (Å²) in [6, 6.07) is 5.30. The highest BCUT2D eigenvalue weighted by molar-refractivity contribution is 7.91. The van der Waals surface area contributed by atoms with Gasteiger partial charge in [0.1, 0.15) is 5.82 Å². The highest BCUT2D eigenvalue weighted by Gasteiger charge is 2.33. The average molecular weight is 487 g/mol. The first-order valence-corrected chi connectivity index (χ1v) is 13.7.